The molecule has 0 aromatic rings. The Morgan fingerprint density at radius 3 is 2.89 bits per heavy atom. The largest absolute Gasteiger partial charge is 0.362 e. The van der Waals surface area contributed by atoms with Crippen LogP contribution in [0, 0.1) is 0 Å². The van der Waals surface area contributed by atoms with Gasteiger partial charge in [-0.2, -0.15) is 0 Å². The Morgan fingerprint density at radius 2 is 2.44 bits per heavy atom. The van der Waals surface area contributed by atoms with Crippen molar-refractivity contribution in [3.05, 3.63) is 36.2 Å². The maximum absolute atomic E-state index is 3.77. The standard InChI is InChI=1S/C8H11N/c1-3-8-4-5-9-7(2)6-8/h4-6,9H,2-3H2,1H3. The molecular weight excluding hydrogens is 110 g/mol. The molecule has 0 bridgehead atoms. The fraction of sp³-hybridized carbons (Fsp3) is 0.250. The van der Waals surface area contributed by atoms with E-state index in [1.807, 2.05) is 6.20 Å². The summed E-state index contributed by atoms with van der Waals surface area (Å²) in [6.45, 7) is 5.91. The SMILES string of the molecule is C=C1C=C(CC)C=CN1. The van der Waals surface area contributed by atoms with Gasteiger partial charge in [-0.3, -0.25) is 0 Å². The van der Waals surface area contributed by atoms with E-state index in [0.29, 0.717) is 0 Å². The van der Waals surface area contributed by atoms with Crippen LogP contribution in [-0.2, 0) is 0 Å². The molecule has 0 aromatic carbocycles. The summed E-state index contributed by atoms with van der Waals surface area (Å²) in [5, 5.41) is 2.99. The molecule has 0 atom stereocenters. The minimum absolute atomic E-state index is 0.981. The molecule has 48 valence electrons. The van der Waals surface area contributed by atoms with E-state index in [1.165, 1.54) is 5.57 Å². The zero-order chi connectivity index (χ0) is 6.69. The zero-order valence-electron chi connectivity index (χ0n) is 5.65. The summed E-state index contributed by atoms with van der Waals surface area (Å²) in [5.41, 5.74) is 2.31. The normalized spacial score (nSPS) is 17.0. The van der Waals surface area contributed by atoms with Gasteiger partial charge in [-0.15, -0.1) is 0 Å². The fourth-order valence-electron chi connectivity index (χ4n) is 0.789. The highest BCUT2D eigenvalue weighted by atomic mass is 14.8. The van der Waals surface area contributed by atoms with Crippen molar-refractivity contribution >= 4 is 0 Å². The molecule has 0 aromatic heterocycles. The maximum Gasteiger partial charge on any atom is 0.0309 e. The van der Waals surface area contributed by atoms with Gasteiger partial charge < -0.3 is 5.32 Å². The highest BCUT2D eigenvalue weighted by Crippen LogP contribution is 2.08. The molecule has 1 aliphatic heterocycles. The van der Waals surface area contributed by atoms with Crippen LogP contribution in [0.2, 0.25) is 0 Å². The molecule has 0 fully saturated rings. The highest BCUT2D eigenvalue weighted by molar-refractivity contribution is 5.32. The third kappa shape index (κ3) is 1.46. The molecule has 0 saturated heterocycles. The first-order valence-electron chi connectivity index (χ1n) is 3.15. The Hall–Kier alpha value is -0.980. The Bertz CT molecular complexity index is 175. The lowest BCUT2D eigenvalue weighted by Gasteiger charge is -2.07. The molecule has 0 saturated carbocycles. The van der Waals surface area contributed by atoms with Gasteiger partial charge in [0.05, 0.1) is 0 Å². The average molecular weight is 121 g/mol. The van der Waals surface area contributed by atoms with E-state index in [0.717, 1.165) is 12.1 Å². The molecule has 9 heavy (non-hydrogen) atoms. The Balaban J connectivity index is 2.70. The number of rotatable bonds is 1. The van der Waals surface area contributed by atoms with E-state index in [-0.39, 0.29) is 0 Å². The van der Waals surface area contributed by atoms with Gasteiger partial charge in [0.15, 0.2) is 0 Å². The first kappa shape index (κ1) is 6.14. The summed E-state index contributed by atoms with van der Waals surface area (Å²) >= 11 is 0. The Kier molecular flexibility index (Phi) is 1.73. The second-order valence-electron chi connectivity index (χ2n) is 2.08. The zero-order valence-corrected chi connectivity index (χ0v) is 5.65. The van der Waals surface area contributed by atoms with Gasteiger partial charge in [-0.05, 0) is 24.1 Å². The lowest BCUT2D eigenvalue weighted by molar-refractivity contribution is 1.04. The van der Waals surface area contributed by atoms with Crippen LogP contribution >= 0.6 is 0 Å². The molecule has 1 N–H and O–H groups in total. The van der Waals surface area contributed by atoms with Gasteiger partial charge >= 0.3 is 0 Å². The van der Waals surface area contributed by atoms with Crippen LogP contribution in [-0.4, -0.2) is 0 Å². The van der Waals surface area contributed by atoms with Gasteiger partial charge in [-0.25, -0.2) is 0 Å². The summed E-state index contributed by atoms with van der Waals surface area (Å²) in [6, 6.07) is 0. The molecule has 0 amide bonds. The van der Waals surface area contributed by atoms with E-state index in [9.17, 15) is 0 Å². The lowest BCUT2D eigenvalue weighted by atomic mass is 10.1. The van der Waals surface area contributed by atoms with Gasteiger partial charge in [0.1, 0.15) is 0 Å². The Morgan fingerprint density at radius 1 is 1.67 bits per heavy atom. The quantitative estimate of drug-likeness (QED) is 0.559. The van der Waals surface area contributed by atoms with E-state index in [1.54, 1.807) is 0 Å². The predicted octanol–water partition coefficient (Wildman–Crippen LogP) is 1.95. The van der Waals surface area contributed by atoms with Crippen molar-refractivity contribution in [3.63, 3.8) is 0 Å². The molecule has 1 heteroatoms. The minimum Gasteiger partial charge on any atom is -0.362 e. The smallest absolute Gasteiger partial charge is 0.0309 e. The second kappa shape index (κ2) is 2.53. The van der Waals surface area contributed by atoms with Gasteiger partial charge in [0.2, 0.25) is 0 Å². The van der Waals surface area contributed by atoms with Crippen LogP contribution in [0.25, 0.3) is 0 Å². The molecule has 1 nitrogen and oxygen atoms in total. The van der Waals surface area contributed by atoms with Crippen molar-refractivity contribution in [2.24, 2.45) is 0 Å². The summed E-state index contributed by atoms with van der Waals surface area (Å²) in [4.78, 5) is 0. The van der Waals surface area contributed by atoms with Crippen molar-refractivity contribution in [1.82, 2.24) is 5.32 Å². The number of nitrogens with one attached hydrogen (secondary N) is 1. The Labute approximate surface area is 55.8 Å². The molecule has 0 aliphatic carbocycles. The summed E-state index contributed by atoms with van der Waals surface area (Å²) in [6.07, 6.45) is 7.12. The van der Waals surface area contributed by atoms with Crippen LogP contribution in [0.15, 0.2) is 36.2 Å². The predicted molar refractivity (Wildman–Crippen MR) is 39.8 cm³/mol. The fourth-order valence-corrected chi connectivity index (χ4v) is 0.789. The van der Waals surface area contributed by atoms with E-state index in [4.69, 9.17) is 0 Å². The van der Waals surface area contributed by atoms with Crippen LogP contribution in [0.5, 0.6) is 0 Å². The first-order valence-corrected chi connectivity index (χ1v) is 3.15. The van der Waals surface area contributed by atoms with Crippen LogP contribution in [0.1, 0.15) is 13.3 Å². The van der Waals surface area contributed by atoms with Crippen LogP contribution < -0.4 is 5.32 Å². The van der Waals surface area contributed by atoms with Crippen molar-refractivity contribution in [2.45, 2.75) is 13.3 Å². The number of hydrogen-bond donors (Lipinski definition) is 1. The van der Waals surface area contributed by atoms with Crippen molar-refractivity contribution in [2.75, 3.05) is 0 Å². The summed E-state index contributed by atoms with van der Waals surface area (Å²) in [7, 11) is 0. The number of allylic oxidation sites excluding steroid dienone is 3. The highest BCUT2D eigenvalue weighted by Gasteiger charge is 1.94. The molecule has 0 spiro atoms. The summed E-state index contributed by atoms with van der Waals surface area (Å²) < 4.78 is 0. The van der Waals surface area contributed by atoms with Crippen molar-refractivity contribution in [1.29, 1.82) is 0 Å². The maximum atomic E-state index is 3.77. The van der Waals surface area contributed by atoms with Gasteiger partial charge in [-0.1, -0.05) is 13.5 Å². The lowest BCUT2D eigenvalue weighted by Crippen LogP contribution is -2.04. The van der Waals surface area contributed by atoms with Gasteiger partial charge in [0.25, 0.3) is 0 Å². The van der Waals surface area contributed by atoms with Gasteiger partial charge in [0, 0.05) is 11.9 Å². The number of dihydropyridines is 1. The first-order chi connectivity index (χ1) is 4.33. The van der Waals surface area contributed by atoms with Crippen LogP contribution in [0.3, 0.4) is 0 Å². The third-order valence-electron chi connectivity index (χ3n) is 1.33. The molecular formula is C8H11N. The monoisotopic (exact) mass is 121 g/mol. The topological polar surface area (TPSA) is 12.0 Å². The molecule has 0 radical (unpaired) electrons. The minimum atomic E-state index is 0.981. The number of hydrogen-bond acceptors (Lipinski definition) is 1. The van der Waals surface area contributed by atoms with Crippen LogP contribution in [0.4, 0.5) is 0 Å². The average Bonchev–Trinajstić information content (AvgIpc) is 1.88. The summed E-state index contributed by atoms with van der Waals surface area (Å²) in [5.74, 6) is 0. The second-order valence-corrected chi connectivity index (χ2v) is 2.08. The van der Waals surface area contributed by atoms with Crippen molar-refractivity contribution in [3.8, 4) is 0 Å². The van der Waals surface area contributed by atoms with E-state index >= 15 is 0 Å². The van der Waals surface area contributed by atoms with Crippen molar-refractivity contribution < 1.29 is 0 Å². The van der Waals surface area contributed by atoms with E-state index < -0.39 is 0 Å². The molecule has 1 heterocycles. The molecule has 1 aliphatic rings. The third-order valence-corrected chi connectivity index (χ3v) is 1.33. The molecule has 1 rings (SSSR count). The van der Waals surface area contributed by atoms with E-state index in [2.05, 4.69) is 31.0 Å². The molecule has 0 unspecified atom stereocenters.